The molecular formula is C24H34ClNO2. The molecule has 0 aromatic carbocycles. The maximum Gasteiger partial charge on any atom is 0.311 e. The summed E-state index contributed by atoms with van der Waals surface area (Å²) in [5.74, 6) is 1.50. The van der Waals surface area contributed by atoms with Crippen LogP contribution in [0.25, 0.3) is 0 Å². The van der Waals surface area contributed by atoms with E-state index in [2.05, 4.69) is 39.8 Å². The van der Waals surface area contributed by atoms with Gasteiger partial charge in [0.1, 0.15) is 4.87 Å². The predicted molar refractivity (Wildman–Crippen MR) is 111 cm³/mol. The number of fused-ring (bicyclic) bond motifs is 2. The zero-order valence-corrected chi connectivity index (χ0v) is 18.7. The van der Waals surface area contributed by atoms with Crippen LogP contribution in [0.15, 0.2) is 11.6 Å². The van der Waals surface area contributed by atoms with Gasteiger partial charge in [-0.15, -0.1) is 11.6 Å². The lowest BCUT2D eigenvalue weighted by Crippen LogP contribution is -2.66. The number of rotatable bonds is 2. The molecule has 7 atom stereocenters. The van der Waals surface area contributed by atoms with Crippen molar-refractivity contribution >= 4 is 17.6 Å². The van der Waals surface area contributed by atoms with E-state index in [4.69, 9.17) is 16.3 Å². The lowest BCUT2D eigenvalue weighted by molar-refractivity contribution is -0.186. The van der Waals surface area contributed by atoms with E-state index in [1.54, 1.807) is 0 Å². The summed E-state index contributed by atoms with van der Waals surface area (Å²) in [6, 6.07) is 2.56. The molecule has 2 bridgehead atoms. The van der Waals surface area contributed by atoms with Gasteiger partial charge in [-0.1, -0.05) is 38.8 Å². The normalized spacial score (nSPS) is 49.6. The largest absolute Gasteiger partial charge is 0.469 e. The molecule has 0 N–H and O–H groups in total. The van der Waals surface area contributed by atoms with E-state index < -0.39 is 10.3 Å². The first kappa shape index (κ1) is 20.3. The SMILES string of the molecule is COC(=O)[C@]1(C)CCC[C@@]2(C)[C@H]1CC[C@]13C=C(C(C)C)[C@H](C[C@H]21)C[C@]3(Cl)C#N. The van der Waals surface area contributed by atoms with Crippen LogP contribution in [0, 0.1) is 51.2 Å². The van der Waals surface area contributed by atoms with E-state index in [1.807, 2.05) is 0 Å². The van der Waals surface area contributed by atoms with Crippen LogP contribution in [0.4, 0.5) is 0 Å². The fourth-order valence-corrected chi connectivity index (χ4v) is 8.66. The number of methoxy groups -OCH3 is 1. The minimum atomic E-state index is -0.813. The van der Waals surface area contributed by atoms with Gasteiger partial charge >= 0.3 is 5.97 Å². The number of allylic oxidation sites excluding steroid dienone is 2. The van der Waals surface area contributed by atoms with Crippen LogP contribution < -0.4 is 0 Å². The van der Waals surface area contributed by atoms with Crippen molar-refractivity contribution in [2.45, 2.75) is 77.5 Å². The van der Waals surface area contributed by atoms with Gasteiger partial charge in [-0.05, 0) is 74.5 Å². The van der Waals surface area contributed by atoms with Crippen molar-refractivity contribution in [3.8, 4) is 6.07 Å². The quantitative estimate of drug-likeness (QED) is 0.329. The van der Waals surface area contributed by atoms with Crippen molar-refractivity contribution in [2.24, 2.45) is 39.9 Å². The van der Waals surface area contributed by atoms with E-state index >= 15 is 0 Å². The summed E-state index contributed by atoms with van der Waals surface area (Å²) < 4.78 is 5.26. The van der Waals surface area contributed by atoms with Gasteiger partial charge in [0.15, 0.2) is 0 Å². The summed E-state index contributed by atoms with van der Waals surface area (Å²) in [6.07, 6.45) is 9.25. The lowest BCUT2D eigenvalue weighted by atomic mass is 9.36. The minimum absolute atomic E-state index is 0.0219. The predicted octanol–water partition coefficient (Wildman–Crippen LogP) is 5.88. The second-order valence-electron chi connectivity index (χ2n) is 10.8. The highest BCUT2D eigenvalue weighted by Gasteiger charge is 2.71. The fraction of sp³-hybridized carbons (Fsp3) is 0.833. The number of hydrogen-bond acceptors (Lipinski definition) is 3. The van der Waals surface area contributed by atoms with Gasteiger partial charge in [-0.25, -0.2) is 0 Å². The minimum Gasteiger partial charge on any atom is -0.469 e. The molecule has 0 aliphatic heterocycles. The Labute approximate surface area is 174 Å². The van der Waals surface area contributed by atoms with E-state index in [9.17, 15) is 10.1 Å². The van der Waals surface area contributed by atoms with Crippen LogP contribution in [0.2, 0.25) is 0 Å². The third-order valence-electron chi connectivity index (χ3n) is 9.42. The zero-order chi connectivity index (χ0) is 20.5. The van der Waals surface area contributed by atoms with Gasteiger partial charge in [0, 0.05) is 5.41 Å². The number of ether oxygens (including phenoxy) is 1. The molecule has 0 saturated heterocycles. The highest BCUT2D eigenvalue weighted by Crippen LogP contribution is 2.74. The third kappa shape index (κ3) is 2.31. The van der Waals surface area contributed by atoms with E-state index in [0.717, 1.165) is 44.9 Å². The molecule has 3 fully saturated rings. The molecule has 0 amide bonds. The number of esters is 1. The van der Waals surface area contributed by atoms with Crippen molar-refractivity contribution < 1.29 is 9.53 Å². The Kier molecular flexibility index (Phi) is 4.52. The van der Waals surface area contributed by atoms with Crippen molar-refractivity contribution in [3.63, 3.8) is 0 Å². The van der Waals surface area contributed by atoms with Crippen molar-refractivity contribution in [1.82, 2.24) is 0 Å². The molecule has 4 heteroatoms. The molecule has 154 valence electrons. The maximum atomic E-state index is 12.8. The van der Waals surface area contributed by atoms with Crippen LogP contribution in [-0.4, -0.2) is 18.0 Å². The number of halogens is 1. The summed E-state index contributed by atoms with van der Waals surface area (Å²) in [6.45, 7) is 9.04. The second-order valence-corrected chi connectivity index (χ2v) is 11.4. The Morgan fingerprint density at radius 2 is 2.00 bits per heavy atom. The second kappa shape index (κ2) is 6.24. The van der Waals surface area contributed by atoms with Gasteiger partial charge in [0.25, 0.3) is 0 Å². The molecule has 5 rings (SSSR count). The Morgan fingerprint density at radius 3 is 2.61 bits per heavy atom. The molecule has 0 unspecified atom stereocenters. The van der Waals surface area contributed by atoms with Crippen LogP contribution in [0.5, 0.6) is 0 Å². The molecule has 1 spiro atoms. The van der Waals surface area contributed by atoms with E-state index in [1.165, 1.54) is 12.7 Å². The number of alkyl halides is 1. The van der Waals surface area contributed by atoms with E-state index in [-0.39, 0.29) is 16.8 Å². The zero-order valence-electron chi connectivity index (χ0n) is 18.0. The number of hydrogen-bond donors (Lipinski definition) is 0. The average Bonchev–Trinajstić information content (AvgIpc) is 2.66. The smallest absolute Gasteiger partial charge is 0.311 e. The van der Waals surface area contributed by atoms with Crippen LogP contribution in [0.1, 0.15) is 72.6 Å². The maximum absolute atomic E-state index is 12.8. The van der Waals surface area contributed by atoms with Gasteiger partial charge in [0.05, 0.1) is 18.6 Å². The Bertz CT molecular complexity index is 769. The van der Waals surface area contributed by atoms with Crippen LogP contribution in [0.3, 0.4) is 0 Å². The summed E-state index contributed by atoms with van der Waals surface area (Å²) in [7, 11) is 1.52. The molecule has 3 saturated carbocycles. The molecule has 5 aliphatic carbocycles. The van der Waals surface area contributed by atoms with Crippen LogP contribution in [-0.2, 0) is 9.53 Å². The Hall–Kier alpha value is -1.01. The Morgan fingerprint density at radius 1 is 1.29 bits per heavy atom. The standard InChI is InChI=1S/C24H34ClNO2/c1-15(2)17-13-23-10-7-18-21(3,8-6-9-22(18,4)20(27)28-5)19(23)11-16(17)12-24(23,25)14-26/h13,15-16,18-19H,6-12H2,1-5H3/t16-,18-,19-,21+,22-,23+,24+/m1/s1. The summed E-state index contributed by atoms with van der Waals surface area (Å²) in [4.78, 5) is 12.0. The van der Waals surface area contributed by atoms with Crippen molar-refractivity contribution in [3.05, 3.63) is 11.6 Å². The first-order valence-electron chi connectivity index (χ1n) is 11.0. The monoisotopic (exact) mass is 403 g/mol. The van der Waals surface area contributed by atoms with Gasteiger partial charge in [-0.2, -0.15) is 5.26 Å². The van der Waals surface area contributed by atoms with Gasteiger partial charge in [0.2, 0.25) is 0 Å². The summed E-state index contributed by atoms with van der Waals surface area (Å²) in [5.41, 5.74) is 0.842. The Balaban J connectivity index is 1.84. The molecule has 0 radical (unpaired) electrons. The fourth-order valence-electron chi connectivity index (χ4n) is 8.20. The van der Waals surface area contributed by atoms with Crippen LogP contribution >= 0.6 is 11.6 Å². The molecule has 0 aromatic heterocycles. The molecule has 3 nitrogen and oxygen atoms in total. The molecular weight excluding hydrogens is 370 g/mol. The van der Waals surface area contributed by atoms with Gasteiger partial charge in [-0.3, -0.25) is 4.79 Å². The molecule has 0 heterocycles. The lowest BCUT2D eigenvalue weighted by Gasteiger charge is -2.69. The summed E-state index contributed by atoms with van der Waals surface area (Å²) >= 11 is 7.15. The topological polar surface area (TPSA) is 50.1 Å². The number of nitrogens with zero attached hydrogens (tertiary/aromatic N) is 1. The number of nitriles is 1. The molecule has 0 aromatic rings. The van der Waals surface area contributed by atoms with Crippen molar-refractivity contribution in [2.75, 3.05) is 7.11 Å². The van der Waals surface area contributed by atoms with E-state index in [0.29, 0.717) is 23.7 Å². The highest BCUT2D eigenvalue weighted by atomic mass is 35.5. The average molecular weight is 404 g/mol. The van der Waals surface area contributed by atoms with Crippen molar-refractivity contribution in [1.29, 1.82) is 5.26 Å². The number of carbonyl (C=O) groups is 1. The first-order valence-corrected chi connectivity index (χ1v) is 11.4. The first-order chi connectivity index (χ1) is 13.1. The number of carbonyl (C=O) groups excluding carboxylic acids is 1. The van der Waals surface area contributed by atoms with Gasteiger partial charge < -0.3 is 4.74 Å². The highest BCUT2D eigenvalue weighted by molar-refractivity contribution is 6.27. The third-order valence-corrected chi connectivity index (χ3v) is 10.0. The summed E-state index contributed by atoms with van der Waals surface area (Å²) in [5, 5.41) is 10.2. The molecule has 5 aliphatic rings. The molecule has 28 heavy (non-hydrogen) atoms.